The molecule has 1 fully saturated rings. The van der Waals surface area contributed by atoms with E-state index in [1.54, 1.807) is 49.1 Å². The lowest BCUT2D eigenvalue weighted by Gasteiger charge is -2.41. The molecule has 268 valence electrons. The number of aromatic nitrogens is 1. The summed E-state index contributed by atoms with van der Waals surface area (Å²) in [4.78, 5) is 49.8. The molecule has 1 saturated heterocycles. The molecule has 0 unspecified atom stereocenters. The molecule has 1 aliphatic rings. The van der Waals surface area contributed by atoms with Gasteiger partial charge in [-0.1, -0.05) is 83.9 Å². The molecule has 0 spiro atoms. The van der Waals surface area contributed by atoms with E-state index in [2.05, 4.69) is 34.1 Å². The Morgan fingerprint density at radius 1 is 0.865 bits per heavy atom. The van der Waals surface area contributed by atoms with Gasteiger partial charge >= 0.3 is 11.9 Å². The number of hydrogen-bond donors (Lipinski definition) is 0. The van der Waals surface area contributed by atoms with Crippen molar-refractivity contribution in [2.75, 3.05) is 32.8 Å². The summed E-state index contributed by atoms with van der Waals surface area (Å²) in [6.45, 7) is 5.64. The monoisotopic (exact) mass is 758 g/mol. The molecule has 2 aromatic heterocycles. The van der Waals surface area contributed by atoms with Gasteiger partial charge in [-0.3, -0.25) is 18.8 Å². The lowest BCUT2D eigenvalue weighted by atomic mass is 9.96. The Morgan fingerprint density at radius 3 is 2.12 bits per heavy atom. The maximum absolute atomic E-state index is 14.2. The molecule has 2 amide bonds. The average molecular weight is 760 g/mol. The Morgan fingerprint density at radius 2 is 1.50 bits per heavy atom. The Hall–Kier alpha value is -4.81. The summed E-state index contributed by atoms with van der Waals surface area (Å²) in [5, 5.41) is 0.929. The van der Waals surface area contributed by atoms with Crippen LogP contribution in [0.2, 0.25) is 10.0 Å². The van der Waals surface area contributed by atoms with E-state index in [0.29, 0.717) is 42.0 Å². The van der Waals surface area contributed by atoms with Gasteiger partial charge in [0.05, 0.1) is 18.2 Å². The van der Waals surface area contributed by atoms with Crippen LogP contribution in [-0.4, -0.2) is 75.7 Å². The Bertz CT molecular complexity index is 1950. The van der Waals surface area contributed by atoms with Gasteiger partial charge in [0.15, 0.2) is 5.76 Å². The minimum atomic E-state index is -0.985. The molecular formula is C39H36Cl2N4O6S. The lowest BCUT2D eigenvalue weighted by Crippen LogP contribution is -2.54. The van der Waals surface area contributed by atoms with E-state index < -0.39 is 17.9 Å². The van der Waals surface area contributed by atoms with E-state index in [-0.39, 0.29) is 40.9 Å². The highest BCUT2D eigenvalue weighted by Gasteiger charge is 2.36. The molecule has 3 aromatic carbocycles. The highest BCUT2D eigenvalue weighted by molar-refractivity contribution is 7.97. The quantitative estimate of drug-likeness (QED) is 0.0916. The van der Waals surface area contributed by atoms with Crippen molar-refractivity contribution in [2.24, 2.45) is 0 Å². The molecule has 0 N–H and O–H groups in total. The van der Waals surface area contributed by atoms with Crippen molar-refractivity contribution < 1.29 is 28.3 Å². The van der Waals surface area contributed by atoms with Crippen LogP contribution in [0, 0.1) is 0 Å². The van der Waals surface area contributed by atoms with Gasteiger partial charge in [-0.05, 0) is 61.4 Å². The average Bonchev–Trinajstić information content (AvgIpc) is 3.62. The van der Waals surface area contributed by atoms with Crippen LogP contribution in [-0.2, 0) is 9.53 Å². The van der Waals surface area contributed by atoms with Crippen LogP contribution in [0.5, 0.6) is 11.7 Å². The molecule has 1 aliphatic heterocycles. The number of piperazine rings is 1. The molecule has 3 heterocycles. The number of carbonyl (C=O) groups is 3. The predicted molar refractivity (Wildman–Crippen MR) is 200 cm³/mol. The van der Waals surface area contributed by atoms with E-state index in [4.69, 9.17) is 37.1 Å². The van der Waals surface area contributed by atoms with Gasteiger partial charge in [-0.15, -0.1) is 0 Å². The van der Waals surface area contributed by atoms with Gasteiger partial charge in [0, 0.05) is 60.4 Å². The van der Waals surface area contributed by atoms with Crippen molar-refractivity contribution in [3.05, 3.63) is 142 Å². The number of hydrogen-bond acceptors (Lipinski definition) is 9. The maximum atomic E-state index is 14.2. The van der Waals surface area contributed by atoms with E-state index >= 15 is 0 Å². The summed E-state index contributed by atoms with van der Waals surface area (Å²) in [7, 11) is 0. The minimum Gasteiger partial charge on any atom is -0.462 e. The fourth-order valence-electron chi connectivity index (χ4n) is 5.97. The maximum Gasteiger partial charge on any atom is 0.340 e. The summed E-state index contributed by atoms with van der Waals surface area (Å²) in [5.74, 6) is -1.26. The number of benzene rings is 3. The van der Waals surface area contributed by atoms with Gasteiger partial charge in [0.1, 0.15) is 16.8 Å². The van der Waals surface area contributed by atoms with Gasteiger partial charge in [-0.2, -0.15) is 0 Å². The van der Waals surface area contributed by atoms with Crippen LogP contribution in [0.1, 0.15) is 51.9 Å². The Kier molecular flexibility index (Phi) is 12.2. The van der Waals surface area contributed by atoms with E-state index in [0.717, 1.165) is 11.9 Å². The zero-order chi connectivity index (χ0) is 36.6. The smallest absolute Gasteiger partial charge is 0.340 e. The summed E-state index contributed by atoms with van der Waals surface area (Å²) < 4.78 is 18.1. The first-order valence-electron chi connectivity index (χ1n) is 16.7. The zero-order valence-electron chi connectivity index (χ0n) is 28.5. The minimum absolute atomic E-state index is 0.0122. The van der Waals surface area contributed by atoms with Gasteiger partial charge in [-0.25, -0.2) is 9.78 Å². The fourth-order valence-corrected chi connectivity index (χ4v) is 7.44. The van der Waals surface area contributed by atoms with Crippen LogP contribution < -0.4 is 4.74 Å². The topological polar surface area (TPSA) is 105 Å². The van der Waals surface area contributed by atoms with Crippen LogP contribution in [0.15, 0.2) is 119 Å². The van der Waals surface area contributed by atoms with Crippen LogP contribution in [0.25, 0.3) is 0 Å². The molecule has 6 rings (SSSR count). The second-order valence-electron chi connectivity index (χ2n) is 11.9. The lowest BCUT2D eigenvalue weighted by molar-refractivity contribution is -0.136. The first kappa shape index (κ1) is 37.0. The predicted octanol–water partition coefficient (Wildman–Crippen LogP) is 8.42. The summed E-state index contributed by atoms with van der Waals surface area (Å²) >= 11 is 13.1. The fraction of sp³-hybridized carbons (Fsp3) is 0.231. The zero-order valence-corrected chi connectivity index (χ0v) is 30.8. The van der Waals surface area contributed by atoms with Crippen LogP contribution >= 0.6 is 35.1 Å². The van der Waals surface area contributed by atoms with Crippen molar-refractivity contribution in [2.45, 2.75) is 31.0 Å². The Labute approximate surface area is 316 Å². The third kappa shape index (κ3) is 8.79. The van der Waals surface area contributed by atoms with Crippen molar-refractivity contribution in [1.29, 1.82) is 0 Å². The number of ether oxygens (including phenoxy) is 2. The van der Waals surface area contributed by atoms with Crippen molar-refractivity contribution >= 4 is 52.9 Å². The van der Waals surface area contributed by atoms with Crippen molar-refractivity contribution in [3.63, 3.8) is 0 Å². The number of pyridine rings is 1. The molecule has 52 heavy (non-hydrogen) atoms. The first-order valence-corrected chi connectivity index (χ1v) is 18.2. The normalized spacial score (nSPS) is 13.8. The molecule has 0 aliphatic carbocycles. The summed E-state index contributed by atoms with van der Waals surface area (Å²) in [6.07, 6.45) is 1.50. The van der Waals surface area contributed by atoms with E-state index in [1.165, 1.54) is 33.8 Å². The largest absolute Gasteiger partial charge is 0.462 e. The van der Waals surface area contributed by atoms with Gasteiger partial charge < -0.3 is 18.8 Å². The first-order chi connectivity index (χ1) is 25.2. The molecule has 0 radical (unpaired) electrons. The molecule has 0 saturated carbocycles. The number of nitrogens with zero attached hydrogens (tertiary/aromatic N) is 4. The van der Waals surface area contributed by atoms with E-state index in [1.807, 2.05) is 36.4 Å². The third-order valence-corrected chi connectivity index (χ3v) is 10.0. The van der Waals surface area contributed by atoms with Gasteiger partial charge in [0.2, 0.25) is 5.91 Å². The summed E-state index contributed by atoms with van der Waals surface area (Å²) in [5.41, 5.74) is 2.50. The van der Waals surface area contributed by atoms with Crippen molar-refractivity contribution in [1.82, 2.24) is 19.1 Å². The number of amides is 2. The molecule has 5 aromatic rings. The van der Waals surface area contributed by atoms with Crippen LogP contribution in [0.4, 0.5) is 0 Å². The SMILES string of the molecule is CCOC(=O)c1cccnc1SN(C(=O)c1ccc(Oc2cc(Cl)cc(Cl)c2)o1)[C@H](C)C(=O)N1CCN(C(c2ccccc2)c2ccccc2)CC1. The van der Waals surface area contributed by atoms with E-state index in [9.17, 15) is 14.4 Å². The van der Waals surface area contributed by atoms with Crippen molar-refractivity contribution in [3.8, 4) is 11.7 Å². The second-order valence-corrected chi connectivity index (χ2v) is 13.7. The van der Waals surface area contributed by atoms with Gasteiger partial charge in [0.25, 0.3) is 5.95 Å². The third-order valence-electron chi connectivity index (χ3n) is 8.43. The summed E-state index contributed by atoms with van der Waals surface area (Å²) in [6, 6.07) is 30.4. The molecule has 1 atom stereocenters. The molecular weight excluding hydrogens is 723 g/mol. The number of furan rings is 1. The number of carbonyl (C=O) groups excluding carboxylic acids is 3. The Balaban J connectivity index is 1.23. The molecule has 10 nitrogen and oxygen atoms in total. The van der Waals surface area contributed by atoms with Crippen LogP contribution in [0.3, 0.4) is 0 Å². The number of esters is 1. The number of halogens is 2. The standard InChI is InChI=1S/C39H36Cl2N4O6S/c1-3-49-39(48)32-15-10-18-42-36(32)52-45(38(47)33-16-17-34(51-33)50-31-24-29(40)23-30(41)25-31)26(2)37(46)44-21-19-43(20-22-44)35(27-11-6-4-7-12-27)28-13-8-5-9-14-28/h4-18,23-26,35H,3,19-22H2,1-2H3/t26-/m1/s1. The highest BCUT2D eigenvalue weighted by Crippen LogP contribution is 2.34. The second kappa shape index (κ2) is 17.1. The molecule has 0 bridgehead atoms. The molecule has 13 heteroatoms. The highest BCUT2D eigenvalue weighted by atomic mass is 35.5. The number of rotatable bonds is 12.